The third-order valence-electron chi connectivity index (χ3n) is 6.05. The van der Waals surface area contributed by atoms with Gasteiger partial charge in [-0.3, -0.25) is 0 Å². The standard InChI is InChI=1S/C29H29F3O3/c1-3-5-6-27-34-17-22(18-35-27)21-11-12-23(25(30)16-21)19-7-9-20(10-8-19)24-13-14-26(33-15-4-2)29(32)28(24)31/h3,7-14,16,22,27H,1,4-6,15,17-18H2,2H3. The fourth-order valence-electron chi connectivity index (χ4n) is 4.08. The predicted molar refractivity (Wildman–Crippen MR) is 131 cm³/mol. The summed E-state index contributed by atoms with van der Waals surface area (Å²) in [7, 11) is 0. The first-order chi connectivity index (χ1) is 17.0. The van der Waals surface area contributed by atoms with Crippen LogP contribution in [0.3, 0.4) is 0 Å². The normalized spacial score (nSPS) is 17.8. The van der Waals surface area contributed by atoms with Gasteiger partial charge in [-0.1, -0.05) is 49.4 Å². The van der Waals surface area contributed by atoms with Crippen LogP contribution in [0, 0.1) is 17.5 Å². The molecule has 0 amide bonds. The number of halogens is 3. The van der Waals surface area contributed by atoms with Gasteiger partial charge in [-0.25, -0.2) is 8.78 Å². The molecular weight excluding hydrogens is 453 g/mol. The van der Waals surface area contributed by atoms with E-state index < -0.39 is 11.6 Å². The van der Waals surface area contributed by atoms with Gasteiger partial charge in [0.05, 0.1) is 19.8 Å². The van der Waals surface area contributed by atoms with E-state index in [1.165, 1.54) is 18.2 Å². The minimum Gasteiger partial charge on any atom is -0.490 e. The fraction of sp³-hybridized carbons (Fsp3) is 0.310. The Kier molecular flexibility index (Phi) is 8.26. The van der Waals surface area contributed by atoms with Crippen molar-refractivity contribution >= 4 is 0 Å². The molecule has 1 heterocycles. The highest BCUT2D eigenvalue weighted by Crippen LogP contribution is 2.33. The smallest absolute Gasteiger partial charge is 0.201 e. The van der Waals surface area contributed by atoms with Gasteiger partial charge in [0.25, 0.3) is 0 Å². The number of ether oxygens (including phenoxy) is 3. The Morgan fingerprint density at radius 3 is 2.20 bits per heavy atom. The monoisotopic (exact) mass is 482 g/mol. The Morgan fingerprint density at radius 2 is 1.57 bits per heavy atom. The predicted octanol–water partition coefficient (Wildman–Crippen LogP) is 7.65. The first kappa shape index (κ1) is 25.0. The first-order valence-electron chi connectivity index (χ1n) is 11.9. The molecule has 1 aliphatic heterocycles. The highest BCUT2D eigenvalue weighted by molar-refractivity contribution is 5.71. The van der Waals surface area contributed by atoms with Gasteiger partial charge in [-0.2, -0.15) is 4.39 Å². The van der Waals surface area contributed by atoms with E-state index in [2.05, 4.69) is 6.58 Å². The van der Waals surface area contributed by atoms with Crippen molar-refractivity contribution in [1.29, 1.82) is 0 Å². The minimum absolute atomic E-state index is 0.0388. The Balaban J connectivity index is 1.47. The maximum Gasteiger partial charge on any atom is 0.201 e. The van der Waals surface area contributed by atoms with Crippen LogP contribution in [-0.4, -0.2) is 26.1 Å². The van der Waals surface area contributed by atoms with E-state index in [1.807, 2.05) is 19.1 Å². The van der Waals surface area contributed by atoms with Gasteiger partial charge < -0.3 is 14.2 Å². The average molecular weight is 483 g/mol. The van der Waals surface area contributed by atoms with E-state index in [0.29, 0.717) is 42.9 Å². The van der Waals surface area contributed by atoms with Gasteiger partial charge >= 0.3 is 0 Å². The van der Waals surface area contributed by atoms with Gasteiger partial charge in [0.1, 0.15) is 5.82 Å². The van der Waals surface area contributed by atoms with E-state index >= 15 is 4.39 Å². The molecule has 0 atom stereocenters. The summed E-state index contributed by atoms with van der Waals surface area (Å²) in [4.78, 5) is 0. The van der Waals surface area contributed by atoms with E-state index in [-0.39, 0.29) is 29.3 Å². The first-order valence-corrected chi connectivity index (χ1v) is 11.9. The highest BCUT2D eigenvalue weighted by Gasteiger charge is 2.24. The van der Waals surface area contributed by atoms with Gasteiger partial charge in [0.15, 0.2) is 17.9 Å². The zero-order valence-corrected chi connectivity index (χ0v) is 19.7. The second-order valence-electron chi connectivity index (χ2n) is 8.56. The number of hydrogen-bond donors (Lipinski definition) is 0. The number of allylic oxidation sites excluding steroid dienone is 1. The average Bonchev–Trinajstić information content (AvgIpc) is 2.89. The molecule has 1 aliphatic rings. The molecule has 0 N–H and O–H groups in total. The lowest BCUT2D eigenvalue weighted by Crippen LogP contribution is -2.30. The molecule has 1 saturated heterocycles. The summed E-state index contributed by atoms with van der Waals surface area (Å²) in [6.45, 7) is 6.85. The SMILES string of the molecule is C=CCCC1OCC(c2ccc(-c3ccc(-c4ccc(OCCC)c(F)c4F)cc3)c(F)c2)CO1. The van der Waals surface area contributed by atoms with Crippen LogP contribution in [0.2, 0.25) is 0 Å². The van der Waals surface area contributed by atoms with Gasteiger partial charge in [-0.05, 0) is 47.7 Å². The quantitative estimate of drug-likeness (QED) is 0.293. The molecule has 0 aromatic heterocycles. The van der Waals surface area contributed by atoms with Crippen LogP contribution in [0.4, 0.5) is 13.2 Å². The second kappa shape index (κ2) is 11.6. The van der Waals surface area contributed by atoms with Crippen LogP contribution in [0.5, 0.6) is 5.75 Å². The maximum atomic E-state index is 15.0. The topological polar surface area (TPSA) is 27.7 Å². The Hall–Kier alpha value is -3.09. The van der Waals surface area contributed by atoms with E-state index in [1.54, 1.807) is 30.3 Å². The molecule has 3 aromatic carbocycles. The molecule has 4 rings (SSSR count). The molecule has 0 aliphatic carbocycles. The van der Waals surface area contributed by atoms with Crippen LogP contribution in [0.1, 0.15) is 37.7 Å². The van der Waals surface area contributed by atoms with Gasteiger partial charge in [0, 0.05) is 23.5 Å². The van der Waals surface area contributed by atoms with Crippen molar-refractivity contribution in [2.24, 2.45) is 0 Å². The minimum atomic E-state index is -1.01. The molecule has 1 fully saturated rings. The van der Waals surface area contributed by atoms with Crippen molar-refractivity contribution in [2.45, 2.75) is 38.4 Å². The highest BCUT2D eigenvalue weighted by atomic mass is 19.2. The Bertz CT molecular complexity index is 1150. The summed E-state index contributed by atoms with van der Waals surface area (Å²) >= 11 is 0. The largest absolute Gasteiger partial charge is 0.490 e. The summed E-state index contributed by atoms with van der Waals surface area (Å²) < 4.78 is 60.7. The summed E-state index contributed by atoms with van der Waals surface area (Å²) in [5.41, 5.74) is 2.50. The van der Waals surface area contributed by atoms with Crippen molar-refractivity contribution in [1.82, 2.24) is 0 Å². The summed E-state index contributed by atoms with van der Waals surface area (Å²) in [6.07, 6.45) is 3.85. The Morgan fingerprint density at radius 1 is 0.914 bits per heavy atom. The molecule has 3 nitrogen and oxygen atoms in total. The molecule has 0 radical (unpaired) electrons. The zero-order valence-electron chi connectivity index (χ0n) is 19.7. The van der Waals surface area contributed by atoms with Crippen molar-refractivity contribution in [3.63, 3.8) is 0 Å². The van der Waals surface area contributed by atoms with Gasteiger partial charge in [0.2, 0.25) is 5.82 Å². The molecule has 3 aromatic rings. The lowest BCUT2D eigenvalue weighted by molar-refractivity contribution is -0.189. The summed E-state index contributed by atoms with van der Waals surface area (Å²) in [5.74, 6) is -2.48. The maximum absolute atomic E-state index is 15.0. The van der Waals surface area contributed by atoms with Gasteiger partial charge in [-0.15, -0.1) is 6.58 Å². The van der Waals surface area contributed by atoms with Crippen molar-refractivity contribution < 1.29 is 27.4 Å². The molecule has 6 heteroatoms. The summed E-state index contributed by atoms with van der Waals surface area (Å²) in [6, 6.07) is 14.7. The molecule has 0 saturated carbocycles. The van der Waals surface area contributed by atoms with E-state index in [4.69, 9.17) is 14.2 Å². The fourth-order valence-corrected chi connectivity index (χ4v) is 4.08. The van der Waals surface area contributed by atoms with Crippen LogP contribution in [0.15, 0.2) is 67.3 Å². The second-order valence-corrected chi connectivity index (χ2v) is 8.56. The van der Waals surface area contributed by atoms with E-state index in [0.717, 1.165) is 18.4 Å². The van der Waals surface area contributed by atoms with Crippen LogP contribution < -0.4 is 4.74 Å². The molecule has 184 valence electrons. The lowest BCUT2D eigenvalue weighted by Gasteiger charge is -2.29. The van der Waals surface area contributed by atoms with E-state index in [9.17, 15) is 8.78 Å². The zero-order chi connectivity index (χ0) is 24.8. The third-order valence-corrected chi connectivity index (χ3v) is 6.05. The van der Waals surface area contributed by atoms with Crippen LogP contribution in [-0.2, 0) is 9.47 Å². The molecule has 0 bridgehead atoms. The molecule has 0 spiro atoms. The van der Waals surface area contributed by atoms with Crippen molar-refractivity contribution in [3.05, 3.63) is 90.3 Å². The Labute approximate surface area is 204 Å². The van der Waals surface area contributed by atoms with Crippen LogP contribution >= 0.6 is 0 Å². The third kappa shape index (κ3) is 5.77. The molecular formula is C29H29F3O3. The van der Waals surface area contributed by atoms with Crippen LogP contribution in [0.25, 0.3) is 22.3 Å². The number of benzene rings is 3. The van der Waals surface area contributed by atoms with Crippen molar-refractivity contribution in [2.75, 3.05) is 19.8 Å². The summed E-state index contributed by atoms with van der Waals surface area (Å²) in [5, 5.41) is 0. The molecule has 0 unspecified atom stereocenters. The lowest BCUT2D eigenvalue weighted by atomic mass is 9.95. The number of rotatable bonds is 9. The van der Waals surface area contributed by atoms with Crippen molar-refractivity contribution in [3.8, 4) is 28.0 Å². The number of hydrogen-bond acceptors (Lipinski definition) is 3. The molecule has 35 heavy (non-hydrogen) atoms.